The van der Waals surface area contributed by atoms with E-state index in [2.05, 4.69) is 40.3 Å². The van der Waals surface area contributed by atoms with Crippen LogP contribution in [0.3, 0.4) is 0 Å². The summed E-state index contributed by atoms with van der Waals surface area (Å²) in [7, 11) is 0. The van der Waals surface area contributed by atoms with Gasteiger partial charge in [-0.25, -0.2) is 4.98 Å². The summed E-state index contributed by atoms with van der Waals surface area (Å²) in [5, 5.41) is 3.55. The van der Waals surface area contributed by atoms with Gasteiger partial charge >= 0.3 is 0 Å². The zero-order valence-corrected chi connectivity index (χ0v) is 12.2. The second kappa shape index (κ2) is 6.27. The number of H-pyrrole nitrogens is 1. The van der Waals surface area contributed by atoms with Crippen molar-refractivity contribution in [1.29, 1.82) is 0 Å². The van der Waals surface area contributed by atoms with E-state index in [1.54, 1.807) is 0 Å². The number of aromatic nitrogens is 2. The molecule has 1 unspecified atom stereocenters. The first-order chi connectivity index (χ1) is 9.88. The van der Waals surface area contributed by atoms with Crippen molar-refractivity contribution in [2.24, 2.45) is 0 Å². The molecule has 4 nitrogen and oxygen atoms in total. The van der Waals surface area contributed by atoms with Crippen LogP contribution < -0.4 is 10.2 Å². The molecule has 108 valence electrons. The van der Waals surface area contributed by atoms with Crippen LogP contribution in [-0.2, 0) is 0 Å². The molecular weight excluding hydrogens is 248 g/mol. The third kappa shape index (κ3) is 2.80. The maximum Gasteiger partial charge on any atom is 0.204 e. The second-order valence-electron chi connectivity index (χ2n) is 5.62. The highest BCUT2D eigenvalue weighted by atomic mass is 15.3. The lowest BCUT2D eigenvalue weighted by Gasteiger charge is -2.35. The molecule has 2 aromatic rings. The zero-order chi connectivity index (χ0) is 13.8. The SMILES string of the molecule is CCCNCC1CCCCN1c1nc2ccccc2[nH]1. The number of nitrogens with zero attached hydrogens (tertiary/aromatic N) is 2. The molecule has 4 heteroatoms. The minimum absolute atomic E-state index is 0.566. The van der Waals surface area contributed by atoms with Crippen LogP contribution in [0.15, 0.2) is 24.3 Å². The van der Waals surface area contributed by atoms with Gasteiger partial charge in [0.15, 0.2) is 0 Å². The first-order valence-electron chi connectivity index (χ1n) is 7.80. The van der Waals surface area contributed by atoms with Crippen LogP contribution in [-0.4, -0.2) is 35.6 Å². The van der Waals surface area contributed by atoms with E-state index in [0.717, 1.165) is 36.6 Å². The van der Waals surface area contributed by atoms with Crippen LogP contribution in [0.1, 0.15) is 32.6 Å². The molecule has 2 heterocycles. The summed E-state index contributed by atoms with van der Waals surface area (Å²) in [5.74, 6) is 1.04. The number of nitrogens with one attached hydrogen (secondary N) is 2. The largest absolute Gasteiger partial charge is 0.338 e. The summed E-state index contributed by atoms with van der Waals surface area (Å²) < 4.78 is 0. The Morgan fingerprint density at radius 2 is 2.25 bits per heavy atom. The van der Waals surface area contributed by atoms with Crippen molar-refractivity contribution in [3.8, 4) is 0 Å². The molecule has 0 saturated carbocycles. The van der Waals surface area contributed by atoms with E-state index in [-0.39, 0.29) is 0 Å². The maximum atomic E-state index is 4.76. The molecule has 1 atom stereocenters. The van der Waals surface area contributed by atoms with Crippen LogP contribution in [0.2, 0.25) is 0 Å². The molecular formula is C16H24N4. The first kappa shape index (κ1) is 13.4. The molecule has 20 heavy (non-hydrogen) atoms. The smallest absolute Gasteiger partial charge is 0.204 e. The Kier molecular flexibility index (Phi) is 4.21. The molecule has 0 amide bonds. The number of rotatable bonds is 5. The predicted molar refractivity (Wildman–Crippen MR) is 84.2 cm³/mol. The van der Waals surface area contributed by atoms with Gasteiger partial charge in [-0.3, -0.25) is 0 Å². The van der Waals surface area contributed by atoms with Crippen LogP contribution in [0, 0.1) is 0 Å². The van der Waals surface area contributed by atoms with E-state index < -0.39 is 0 Å². The average molecular weight is 272 g/mol. The number of hydrogen-bond donors (Lipinski definition) is 2. The molecule has 0 bridgehead atoms. The molecule has 1 fully saturated rings. The quantitative estimate of drug-likeness (QED) is 0.823. The third-order valence-corrected chi connectivity index (χ3v) is 4.08. The van der Waals surface area contributed by atoms with Gasteiger partial charge in [-0.05, 0) is 44.4 Å². The monoisotopic (exact) mass is 272 g/mol. The van der Waals surface area contributed by atoms with Crippen LogP contribution in [0.4, 0.5) is 5.95 Å². The Morgan fingerprint density at radius 1 is 1.35 bits per heavy atom. The molecule has 1 aliphatic rings. The minimum Gasteiger partial charge on any atom is -0.338 e. The Labute approximate surface area is 120 Å². The Bertz CT molecular complexity index is 515. The number of anilines is 1. The lowest BCUT2D eigenvalue weighted by molar-refractivity contribution is 0.431. The van der Waals surface area contributed by atoms with Crippen molar-refractivity contribution in [1.82, 2.24) is 15.3 Å². The van der Waals surface area contributed by atoms with Gasteiger partial charge in [0.25, 0.3) is 0 Å². The zero-order valence-electron chi connectivity index (χ0n) is 12.2. The Balaban J connectivity index is 1.77. The van der Waals surface area contributed by atoms with Crippen molar-refractivity contribution < 1.29 is 0 Å². The van der Waals surface area contributed by atoms with Gasteiger partial charge in [0.05, 0.1) is 11.0 Å². The number of fused-ring (bicyclic) bond motifs is 1. The normalized spacial score (nSPS) is 19.6. The topological polar surface area (TPSA) is 44.0 Å². The van der Waals surface area contributed by atoms with Gasteiger partial charge in [-0.1, -0.05) is 19.1 Å². The summed E-state index contributed by atoms with van der Waals surface area (Å²) >= 11 is 0. The fourth-order valence-electron chi connectivity index (χ4n) is 3.01. The van der Waals surface area contributed by atoms with Crippen LogP contribution >= 0.6 is 0 Å². The van der Waals surface area contributed by atoms with Crippen molar-refractivity contribution in [2.45, 2.75) is 38.6 Å². The van der Waals surface area contributed by atoms with Crippen molar-refractivity contribution >= 4 is 17.0 Å². The summed E-state index contributed by atoms with van der Waals surface area (Å²) in [4.78, 5) is 10.7. The molecule has 0 aliphatic carbocycles. The van der Waals surface area contributed by atoms with Crippen LogP contribution in [0.5, 0.6) is 0 Å². The molecule has 1 aromatic carbocycles. The number of aromatic amines is 1. The van der Waals surface area contributed by atoms with Gasteiger partial charge in [0.2, 0.25) is 5.95 Å². The number of piperidine rings is 1. The van der Waals surface area contributed by atoms with Crippen molar-refractivity contribution in [3.63, 3.8) is 0 Å². The van der Waals surface area contributed by atoms with Gasteiger partial charge in [0.1, 0.15) is 0 Å². The summed E-state index contributed by atoms with van der Waals surface area (Å²) in [5.41, 5.74) is 2.20. The van der Waals surface area contributed by atoms with Gasteiger partial charge in [0, 0.05) is 19.1 Å². The summed E-state index contributed by atoms with van der Waals surface area (Å²) in [6, 6.07) is 8.84. The Morgan fingerprint density at radius 3 is 3.10 bits per heavy atom. The third-order valence-electron chi connectivity index (χ3n) is 4.08. The summed E-state index contributed by atoms with van der Waals surface area (Å²) in [6.45, 7) is 5.48. The minimum atomic E-state index is 0.566. The van der Waals surface area contributed by atoms with Crippen LogP contribution in [0.25, 0.3) is 11.0 Å². The predicted octanol–water partition coefficient (Wildman–Crippen LogP) is 2.92. The molecule has 2 N–H and O–H groups in total. The molecule has 1 aromatic heterocycles. The number of hydrogen-bond acceptors (Lipinski definition) is 3. The number of para-hydroxylation sites is 2. The number of imidazole rings is 1. The average Bonchev–Trinajstić information content (AvgIpc) is 2.92. The first-order valence-corrected chi connectivity index (χ1v) is 7.80. The fourth-order valence-corrected chi connectivity index (χ4v) is 3.01. The lowest BCUT2D eigenvalue weighted by Crippen LogP contribution is -2.46. The van der Waals surface area contributed by atoms with E-state index in [1.807, 2.05) is 6.07 Å². The molecule has 1 aliphatic heterocycles. The Hall–Kier alpha value is -1.55. The van der Waals surface area contributed by atoms with Gasteiger partial charge in [-0.15, -0.1) is 0 Å². The highest BCUT2D eigenvalue weighted by molar-refractivity contribution is 5.77. The van der Waals surface area contributed by atoms with E-state index in [1.165, 1.54) is 25.7 Å². The lowest BCUT2D eigenvalue weighted by atomic mass is 10.0. The second-order valence-corrected chi connectivity index (χ2v) is 5.62. The standard InChI is InChI=1S/C16H24N4/c1-2-10-17-12-13-7-5-6-11-20(13)16-18-14-8-3-4-9-15(14)19-16/h3-4,8-9,13,17H,2,5-7,10-12H2,1H3,(H,18,19). The van der Waals surface area contributed by atoms with E-state index in [0.29, 0.717) is 6.04 Å². The van der Waals surface area contributed by atoms with Crippen molar-refractivity contribution in [3.05, 3.63) is 24.3 Å². The van der Waals surface area contributed by atoms with Gasteiger partial charge < -0.3 is 15.2 Å². The van der Waals surface area contributed by atoms with Gasteiger partial charge in [-0.2, -0.15) is 0 Å². The molecule has 3 rings (SSSR count). The molecule has 0 radical (unpaired) electrons. The highest BCUT2D eigenvalue weighted by Crippen LogP contribution is 2.24. The van der Waals surface area contributed by atoms with E-state index in [4.69, 9.17) is 4.98 Å². The van der Waals surface area contributed by atoms with Crippen molar-refractivity contribution in [2.75, 3.05) is 24.5 Å². The number of benzene rings is 1. The van der Waals surface area contributed by atoms with E-state index >= 15 is 0 Å². The molecule has 1 saturated heterocycles. The fraction of sp³-hybridized carbons (Fsp3) is 0.562. The van der Waals surface area contributed by atoms with E-state index in [9.17, 15) is 0 Å². The molecule has 0 spiro atoms. The summed E-state index contributed by atoms with van der Waals surface area (Å²) in [6.07, 6.45) is 5.04. The maximum absolute atomic E-state index is 4.76. The highest BCUT2D eigenvalue weighted by Gasteiger charge is 2.24.